The molecule has 9 heteroatoms. The van der Waals surface area contributed by atoms with Crippen molar-refractivity contribution >= 4 is 22.4 Å². The van der Waals surface area contributed by atoms with Gasteiger partial charge >= 0.3 is 6.18 Å². The van der Waals surface area contributed by atoms with Crippen molar-refractivity contribution in [1.82, 2.24) is 9.62 Å². The molecule has 2 rings (SSSR count). The highest BCUT2D eigenvalue weighted by atomic mass is 35.5. The number of halogens is 4. The van der Waals surface area contributed by atoms with E-state index < -0.39 is 26.7 Å². The molecule has 1 aliphatic rings. The molecule has 0 amide bonds. The minimum absolute atomic E-state index is 0. The molecule has 1 saturated heterocycles. The number of benzene rings is 1. The highest BCUT2D eigenvalue weighted by Gasteiger charge is 2.38. The fraction of sp³-hybridized carbons (Fsp3) is 0.500. The zero-order chi connectivity index (χ0) is 14.8. The maximum atomic E-state index is 12.9. The monoisotopic (exact) mass is 344 g/mol. The Morgan fingerprint density at radius 2 is 1.76 bits per heavy atom. The average molecular weight is 345 g/mol. The molecule has 0 aliphatic carbocycles. The largest absolute Gasteiger partial charge is 0.417 e. The van der Waals surface area contributed by atoms with Gasteiger partial charge in [-0.25, -0.2) is 8.42 Å². The molecule has 1 aromatic rings. The van der Waals surface area contributed by atoms with Crippen LogP contribution in [0.4, 0.5) is 13.2 Å². The lowest BCUT2D eigenvalue weighted by Crippen LogP contribution is -2.35. The number of rotatable bonds is 2. The molecule has 1 aromatic carbocycles. The number of nitrogens with one attached hydrogen (secondary N) is 1. The van der Waals surface area contributed by atoms with Gasteiger partial charge in [0.15, 0.2) is 0 Å². The van der Waals surface area contributed by atoms with Crippen molar-refractivity contribution in [3.05, 3.63) is 29.8 Å². The van der Waals surface area contributed by atoms with E-state index >= 15 is 0 Å². The first-order valence-electron chi connectivity index (χ1n) is 6.20. The van der Waals surface area contributed by atoms with Gasteiger partial charge in [0.2, 0.25) is 10.0 Å². The third-order valence-electron chi connectivity index (χ3n) is 3.11. The van der Waals surface area contributed by atoms with E-state index in [9.17, 15) is 21.6 Å². The van der Waals surface area contributed by atoms with Crippen molar-refractivity contribution in [1.29, 1.82) is 0 Å². The van der Waals surface area contributed by atoms with Crippen molar-refractivity contribution in [2.45, 2.75) is 17.5 Å². The molecule has 1 aliphatic heterocycles. The molecule has 1 heterocycles. The summed E-state index contributed by atoms with van der Waals surface area (Å²) in [6.45, 7) is 1.50. The van der Waals surface area contributed by atoms with Crippen LogP contribution in [-0.2, 0) is 16.2 Å². The van der Waals surface area contributed by atoms with E-state index in [-0.39, 0.29) is 25.5 Å². The first-order chi connectivity index (χ1) is 9.33. The van der Waals surface area contributed by atoms with Crippen LogP contribution in [0.25, 0.3) is 0 Å². The van der Waals surface area contributed by atoms with Gasteiger partial charge in [0.05, 0.1) is 10.5 Å². The second-order valence-corrected chi connectivity index (χ2v) is 6.41. The van der Waals surface area contributed by atoms with E-state index in [1.807, 2.05) is 0 Å². The third-order valence-corrected chi connectivity index (χ3v) is 5.07. The van der Waals surface area contributed by atoms with Crippen LogP contribution in [-0.4, -0.2) is 38.9 Å². The third kappa shape index (κ3) is 4.09. The summed E-state index contributed by atoms with van der Waals surface area (Å²) >= 11 is 0. The van der Waals surface area contributed by atoms with Crippen LogP contribution in [0, 0.1) is 0 Å². The highest BCUT2D eigenvalue weighted by molar-refractivity contribution is 7.89. The summed E-state index contributed by atoms with van der Waals surface area (Å²) in [5, 5.41) is 3.02. The Kier molecular flexibility index (Phi) is 6.03. The lowest BCUT2D eigenvalue weighted by atomic mass is 10.2. The van der Waals surface area contributed by atoms with Gasteiger partial charge < -0.3 is 5.32 Å². The maximum absolute atomic E-state index is 12.9. The Bertz CT molecular complexity index is 570. The van der Waals surface area contributed by atoms with Crippen LogP contribution in [0.2, 0.25) is 0 Å². The fourth-order valence-corrected chi connectivity index (χ4v) is 3.82. The molecule has 120 valence electrons. The minimum atomic E-state index is -4.69. The van der Waals surface area contributed by atoms with Gasteiger partial charge in [0, 0.05) is 19.6 Å². The standard InChI is InChI=1S/C12H15F3N2O2S.ClH/c13-12(14,15)10-4-1-2-5-11(10)20(18,19)17-8-3-6-16-7-9-17;/h1-2,4-5,16H,3,6-9H2;1H. The Hall–Kier alpha value is -0.830. The van der Waals surface area contributed by atoms with Gasteiger partial charge in [-0.15, -0.1) is 12.4 Å². The summed E-state index contributed by atoms with van der Waals surface area (Å²) in [4.78, 5) is -0.672. The van der Waals surface area contributed by atoms with E-state index in [1.54, 1.807) is 0 Å². The number of nitrogens with zero attached hydrogens (tertiary/aromatic N) is 1. The summed E-state index contributed by atoms with van der Waals surface area (Å²) in [7, 11) is -4.13. The van der Waals surface area contributed by atoms with Crippen molar-refractivity contribution in [2.75, 3.05) is 26.2 Å². The SMILES string of the molecule is Cl.O=S(=O)(c1ccccc1C(F)(F)F)N1CCCNCC1. The predicted octanol–water partition coefficient (Wildman–Crippen LogP) is 2.11. The molecule has 1 fully saturated rings. The summed E-state index contributed by atoms with van der Waals surface area (Å²) in [6.07, 6.45) is -4.11. The summed E-state index contributed by atoms with van der Waals surface area (Å²) in [5.41, 5.74) is -1.11. The average Bonchev–Trinajstić information content (AvgIpc) is 2.67. The molecule has 0 radical (unpaired) electrons. The van der Waals surface area contributed by atoms with Crippen LogP contribution < -0.4 is 5.32 Å². The Balaban J connectivity index is 0.00000220. The van der Waals surface area contributed by atoms with E-state index in [1.165, 1.54) is 12.1 Å². The van der Waals surface area contributed by atoms with Gasteiger partial charge in [-0.3, -0.25) is 0 Å². The zero-order valence-corrected chi connectivity index (χ0v) is 12.7. The van der Waals surface area contributed by atoms with Gasteiger partial charge in [-0.2, -0.15) is 17.5 Å². The number of sulfonamides is 1. The fourth-order valence-electron chi connectivity index (χ4n) is 2.13. The topological polar surface area (TPSA) is 49.4 Å². The van der Waals surface area contributed by atoms with Crippen LogP contribution >= 0.6 is 12.4 Å². The van der Waals surface area contributed by atoms with E-state index in [2.05, 4.69) is 5.32 Å². The molecule has 4 nitrogen and oxygen atoms in total. The van der Waals surface area contributed by atoms with Gasteiger partial charge in [-0.05, 0) is 25.1 Å². The molecule has 0 spiro atoms. The highest BCUT2D eigenvalue weighted by Crippen LogP contribution is 2.35. The van der Waals surface area contributed by atoms with Crippen LogP contribution in [0.1, 0.15) is 12.0 Å². The van der Waals surface area contributed by atoms with E-state index in [0.717, 1.165) is 16.4 Å². The van der Waals surface area contributed by atoms with E-state index in [0.29, 0.717) is 19.5 Å². The second-order valence-electron chi connectivity index (χ2n) is 4.50. The normalized spacial score (nSPS) is 17.9. The first kappa shape index (κ1) is 18.2. The summed E-state index contributed by atoms with van der Waals surface area (Å²) in [6, 6.07) is 4.30. The van der Waals surface area contributed by atoms with Crippen LogP contribution in [0.5, 0.6) is 0 Å². The van der Waals surface area contributed by atoms with Crippen LogP contribution in [0.3, 0.4) is 0 Å². The number of hydrogen-bond acceptors (Lipinski definition) is 3. The number of alkyl halides is 3. The minimum Gasteiger partial charge on any atom is -0.315 e. The molecular formula is C12H16ClF3N2O2S. The van der Waals surface area contributed by atoms with Gasteiger partial charge in [0.1, 0.15) is 0 Å². The lowest BCUT2D eigenvalue weighted by Gasteiger charge is -2.22. The maximum Gasteiger partial charge on any atom is 0.417 e. The van der Waals surface area contributed by atoms with Crippen molar-refractivity contribution < 1.29 is 21.6 Å². The molecule has 0 unspecified atom stereocenters. The molecule has 0 atom stereocenters. The zero-order valence-electron chi connectivity index (χ0n) is 11.1. The molecule has 0 aromatic heterocycles. The lowest BCUT2D eigenvalue weighted by molar-refractivity contribution is -0.139. The van der Waals surface area contributed by atoms with Crippen molar-refractivity contribution in [2.24, 2.45) is 0 Å². The van der Waals surface area contributed by atoms with Gasteiger partial charge in [-0.1, -0.05) is 12.1 Å². The van der Waals surface area contributed by atoms with Crippen LogP contribution in [0.15, 0.2) is 29.2 Å². The quantitative estimate of drug-likeness (QED) is 0.894. The Labute approximate surface area is 127 Å². The van der Waals surface area contributed by atoms with Crippen molar-refractivity contribution in [3.8, 4) is 0 Å². The summed E-state index contributed by atoms with van der Waals surface area (Å²) in [5.74, 6) is 0. The smallest absolute Gasteiger partial charge is 0.315 e. The van der Waals surface area contributed by atoms with Crippen molar-refractivity contribution in [3.63, 3.8) is 0 Å². The molecule has 21 heavy (non-hydrogen) atoms. The first-order valence-corrected chi connectivity index (χ1v) is 7.64. The molecule has 0 saturated carbocycles. The molecule has 0 bridgehead atoms. The molecule has 1 N–H and O–H groups in total. The second kappa shape index (κ2) is 6.95. The summed E-state index contributed by atoms with van der Waals surface area (Å²) < 4.78 is 64.7. The van der Waals surface area contributed by atoms with Gasteiger partial charge in [0.25, 0.3) is 0 Å². The predicted molar refractivity (Wildman–Crippen MR) is 74.9 cm³/mol. The number of hydrogen-bond donors (Lipinski definition) is 1. The Morgan fingerprint density at radius 3 is 2.43 bits per heavy atom. The van der Waals surface area contributed by atoms with E-state index in [4.69, 9.17) is 0 Å². The Morgan fingerprint density at radius 1 is 1.10 bits per heavy atom. The molecular weight excluding hydrogens is 329 g/mol.